The van der Waals surface area contributed by atoms with Gasteiger partial charge in [0.1, 0.15) is 5.60 Å². The topological polar surface area (TPSA) is 49.7 Å². The van der Waals surface area contributed by atoms with Crippen molar-refractivity contribution in [1.29, 1.82) is 0 Å². The molecule has 0 bridgehead atoms. The van der Waals surface area contributed by atoms with Gasteiger partial charge in [-0.1, -0.05) is 95.1 Å². The monoisotopic (exact) mass is 562 g/mol. The smallest absolute Gasteiger partial charge is 0.181 e. The standard InChI is InChI=1S/C13H16ClNO.C12H12BrClO.ClH/c1-15-12(13(16)8-4-5-9-13)10-6-2-3-7-11(10)14;13-12(7-3-4-8-12)11(15)9-5-1-2-6-10(9)14;/h2-3,6-7,16H,4-5,8-9H2,1H3;1-2,5-6H,3-4,7-8H2;1H/i1D3;;. The summed E-state index contributed by atoms with van der Waals surface area (Å²) in [5.74, 6) is 0.130. The lowest BCUT2D eigenvalue weighted by Gasteiger charge is -2.25. The highest BCUT2D eigenvalue weighted by Crippen LogP contribution is 2.41. The Bertz CT molecular complexity index is 1050. The molecule has 0 heterocycles. The van der Waals surface area contributed by atoms with Crippen molar-refractivity contribution in [1.82, 2.24) is 0 Å². The molecule has 4 rings (SSSR count). The van der Waals surface area contributed by atoms with E-state index in [1.807, 2.05) is 12.1 Å². The van der Waals surface area contributed by atoms with E-state index < -0.39 is 12.6 Å². The van der Waals surface area contributed by atoms with Crippen LogP contribution in [0.2, 0.25) is 10.0 Å². The van der Waals surface area contributed by atoms with Gasteiger partial charge in [0, 0.05) is 27.2 Å². The fourth-order valence-corrected chi connectivity index (χ4v) is 5.54. The molecule has 2 aromatic carbocycles. The van der Waals surface area contributed by atoms with Gasteiger partial charge in [0.15, 0.2) is 5.78 Å². The number of hydrogen-bond donors (Lipinski definition) is 1. The van der Waals surface area contributed by atoms with Crippen LogP contribution < -0.4 is 0 Å². The molecule has 3 nitrogen and oxygen atoms in total. The van der Waals surface area contributed by atoms with Crippen LogP contribution in [0.15, 0.2) is 53.5 Å². The summed E-state index contributed by atoms with van der Waals surface area (Å²) in [5.41, 5.74) is 0.151. The lowest BCUT2D eigenvalue weighted by Crippen LogP contribution is -2.36. The number of aliphatic hydroxyl groups is 1. The van der Waals surface area contributed by atoms with Crippen molar-refractivity contribution in [2.75, 3.05) is 6.98 Å². The number of nitrogens with zero attached hydrogens (tertiary/aromatic N) is 1. The van der Waals surface area contributed by atoms with Crippen LogP contribution in [0.1, 0.15) is 71.4 Å². The molecular formula is C25H29BrCl3NO2. The highest BCUT2D eigenvalue weighted by molar-refractivity contribution is 9.10. The van der Waals surface area contributed by atoms with Gasteiger partial charge in [0.2, 0.25) is 0 Å². The first-order valence-corrected chi connectivity index (χ1v) is 12.1. The molecule has 0 unspecified atom stereocenters. The lowest BCUT2D eigenvalue weighted by molar-refractivity contribution is 0.0948. The van der Waals surface area contributed by atoms with Gasteiger partial charge in [-0.3, -0.25) is 9.79 Å². The third kappa shape index (κ3) is 6.15. The van der Waals surface area contributed by atoms with E-state index in [4.69, 9.17) is 27.3 Å². The van der Waals surface area contributed by atoms with Crippen LogP contribution in [0.4, 0.5) is 0 Å². The normalized spacial score (nSPS) is 20.8. The maximum absolute atomic E-state index is 12.3. The average molecular weight is 565 g/mol. The van der Waals surface area contributed by atoms with Crippen molar-refractivity contribution in [3.63, 3.8) is 0 Å². The van der Waals surface area contributed by atoms with Crippen molar-refractivity contribution in [3.05, 3.63) is 69.7 Å². The zero-order valence-electron chi connectivity index (χ0n) is 20.6. The summed E-state index contributed by atoms with van der Waals surface area (Å²) in [6, 6.07) is 14.1. The second kappa shape index (κ2) is 12.0. The number of ketones is 1. The molecule has 0 aromatic heterocycles. The molecule has 32 heavy (non-hydrogen) atoms. The molecule has 0 radical (unpaired) electrons. The van der Waals surface area contributed by atoms with Gasteiger partial charge >= 0.3 is 0 Å². The van der Waals surface area contributed by atoms with Crippen LogP contribution in [-0.4, -0.2) is 33.5 Å². The first-order chi connectivity index (χ1) is 16.0. The summed E-state index contributed by atoms with van der Waals surface area (Å²) < 4.78 is 21.6. The number of rotatable bonds is 4. The first-order valence-electron chi connectivity index (χ1n) is 12.0. The quantitative estimate of drug-likeness (QED) is 0.235. The molecule has 0 aliphatic heterocycles. The number of aliphatic imine (C=N–C) groups is 1. The SMILES string of the molecule is Cl.O=C(c1ccccc1Cl)C1(Br)CCCC1.[2H]C([2H])([2H])N=C(c1ccccc1Cl)C1(O)CCCC1. The Hall–Kier alpha value is -0.910. The van der Waals surface area contributed by atoms with E-state index in [0.717, 1.165) is 38.5 Å². The zero-order chi connectivity index (χ0) is 25.0. The van der Waals surface area contributed by atoms with Crippen LogP contribution in [-0.2, 0) is 0 Å². The van der Waals surface area contributed by atoms with Crippen molar-refractivity contribution >= 4 is 63.0 Å². The maximum atomic E-state index is 12.3. The van der Waals surface area contributed by atoms with E-state index in [0.29, 0.717) is 34.0 Å². The molecule has 0 spiro atoms. The molecule has 0 atom stereocenters. The Morgan fingerprint density at radius 3 is 1.91 bits per heavy atom. The van der Waals surface area contributed by atoms with Gasteiger partial charge in [0.25, 0.3) is 0 Å². The number of benzene rings is 2. The van der Waals surface area contributed by atoms with E-state index in [1.54, 1.807) is 36.4 Å². The Kier molecular flexibility index (Phi) is 8.56. The largest absolute Gasteiger partial charge is 0.384 e. The minimum Gasteiger partial charge on any atom is -0.384 e. The van der Waals surface area contributed by atoms with Crippen molar-refractivity contribution in [2.24, 2.45) is 4.99 Å². The number of hydrogen-bond acceptors (Lipinski definition) is 3. The minimum atomic E-state index is -2.48. The zero-order valence-corrected chi connectivity index (χ0v) is 21.5. The molecule has 0 amide bonds. The van der Waals surface area contributed by atoms with Crippen LogP contribution in [0, 0.1) is 0 Å². The highest BCUT2D eigenvalue weighted by atomic mass is 79.9. The Labute approximate surface area is 219 Å². The van der Waals surface area contributed by atoms with E-state index in [9.17, 15) is 9.90 Å². The van der Waals surface area contributed by atoms with Gasteiger partial charge in [-0.2, -0.15) is 0 Å². The predicted molar refractivity (Wildman–Crippen MR) is 140 cm³/mol. The molecule has 1 N–H and O–H groups in total. The number of halogens is 4. The molecule has 2 saturated carbocycles. The highest BCUT2D eigenvalue weighted by Gasteiger charge is 2.39. The molecule has 2 aromatic rings. The van der Waals surface area contributed by atoms with E-state index >= 15 is 0 Å². The Morgan fingerprint density at radius 2 is 1.41 bits per heavy atom. The van der Waals surface area contributed by atoms with Gasteiger partial charge in [0.05, 0.1) is 15.1 Å². The Balaban J connectivity index is 0.000000246. The summed E-state index contributed by atoms with van der Waals surface area (Å²) in [6.45, 7) is -2.48. The maximum Gasteiger partial charge on any atom is 0.181 e. The summed E-state index contributed by atoms with van der Waals surface area (Å²) in [4.78, 5) is 16.0. The van der Waals surface area contributed by atoms with Crippen molar-refractivity contribution in [2.45, 2.75) is 61.3 Å². The summed E-state index contributed by atoms with van der Waals surface area (Å²) >= 11 is 15.7. The van der Waals surface area contributed by atoms with Gasteiger partial charge < -0.3 is 5.11 Å². The second-order valence-electron chi connectivity index (χ2n) is 8.16. The number of carbonyl (C=O) groups is 1. The number of carbonyl (C=O) groups excluding carboxylic acids is 1. The molecule has 2 aliphatic rings. The van der Waals surface area contributed by atoms with Crippen LogP contribution in [0.3, 0.4) is 0 Å². The molecule has 0 saturated heterocycles. The molecule has 2 fully saturated rings. The second-order valence-corrected chi connectivity index (χ2v) is 10.5. The van der Waals surface area contributed by atoms with E-state index in [1.165, 1.54) is 0 Å². The van der Waals surface area contributed by atoms with Gasteiger partial charge in [-0.25, -0.2) is 0 Å². The fraction of sp³-hybridized carbons (Fsp3) is 0.440. The molecule has 7 heteroatoms. The minimum absolute atomic E-state index is 0. The number of Topliss-reactive ketones (excluding diaryl/α,β-unsaturated/α-hetero) is 1. The van der Waals surface area contributed by atoms with Crippen LogP contribution in [0.25, 0.3) is 0 Å². The van der Waals surface area contributed by atoms with E-state index in [-0.39, 0.29) is 28.2 Å². The van der Waals surface area contributed by atoms with Crippen LogP contribution in [0.5, 0.6) is 0 Å². The third-order valence-corrected chi connectivity index (χ3v) is 7.85. The summed E-state index contributed by atoms with van der Waals surface area (Å²) in [5, 5.41) is 11.6. The van der Waals surface area contributed by atoms with Gasteiger partial charge in [-0.15, -0.1) is 12.4 Å². The number of alkyl halides is 1. The van der Waals surface area contributed by atoms with Crippen molar-refractivity contribution in [3.8, 4) is 0 Å². The predicted octanol–water partition coefficient (Wildman–Crippen LogP) is 7.72. The Morgan fingerprint density at radius 1 is 0.938 bits per heavy atom. The average Bonchev–Trinajstić information content (AvgIpc) is 3.42. The van der Waals surface area contributed by atoms with Crippen molar-refractivity contribution < 1.29 is 14.0 Å². The summed E-state index contributed by atoms with van der Waals surface area (Å²) in [7, 11) is 0. The molecule has 174 valence electrons. The molecule has 2 aliphatic carbocycles. The van der Waals surface area contributed by atoms with Crippen LogP contribution >= 0.6 is 51.5 Å². The molecular weight excluding hydrogens is 533 g/mol. The fourth-order valence-electron chi connectivity index (χ4n) is 4.31. The summed E-state index contributed by atoms with van der Waals surface area (Å²) in [6.07, 6.45) is 6.82. The van der Waals surface area contributed by atoms with E-state index in [2.05, 4.69) is 20.9 Å². The lowest BCUT2D eigenvalue weighted by atomic mass is 9.90. The third-order valence-electron chi connectivity index (χ3n) is 6.03. The van der Waals surface area contributed by atoms with Gasteiger partial charge in [-0.05, 0) is 43.9 Å². The first kappa shape index (κ1) is 22.9.